The number of hydrogen-bond donors (Lipinski definition) is 2. The average Bonchev–Trinajstić information content (AvgIpc) is 2.34. The summed E-state index contributed by atoms with van der Waals surface area (Å²) < 4.78 is 1.07. The van der Waals surface area contributed by atoms with Crippen LogP contribution in [0.1, 0.15) is 11.1 Å². The lowest BCUT2D eigenvalue weighted by atomic mass is 10.1. The number of nitrogens with two attached hydrogens (primary N) is 1. The number of phenols is 1. The number of rotatable bonds is 4. The Balaban J connectivity index is 2.05. The van der Waals surface area contributed by atoms with E-state index in [4.69, 9.17) is 5.73 Å². The number of halogens is 1. The Bertz CT molecular complexity index is 572. The first-order valence-electron chi connectivity index (χ1n) is 6.05. The maximum atomic E-state index is 9.80. The highest BCUT2D eigenvalue weighted by Crippen LogP contribution is 2.22. The Hall–Kier alpha value is -1.52. The fourth-order valence-electron chi connectivity index (χ4n) is 2.03. The van der Waals surface area contributed by atoms with Crippen LogP contribution in [0.25, 0.3) is 0 Å². The van der Waals surface area contributed by atoms with Crippen molar-refractivity contribution < 1.29 is 5.11 Å². The number of aromatic hydroxyl groups is 1. The van der Waals surface area contributed by atoms with Crippen molar-refractivity contribution in [1.29, 1.82) is 0 Å². The molecule has 3 N–H and O–H groups in total. The van der Waals surface area contributed by atoms with Crippen molar-refractivity contribution in [3.05, 3.63) is 58.1 Å². The summed E-state index contributed by atoms with van der Waals surface area (Å²) in [7, 11) is 2.02. The molecule has 2 rings (SSSR count). The maximum Gasteiger partial charge on any atom is 0.120 e. The zero-order valence-corrected chi connectivity index (χ0v) is 12.4. The molecule has 4 heteroatoms. The largest absolute Gasteiger partial charge is 0.508 e. The molecule has 0 fully saturated rings. The molecule has 19 heavy (non-hydrogen) atoms. The summed E-state index contributed by atoms with van der Waals surface area (Å²) in [5.74, 6) is 0.287. The van der Waals surface area contributed by atoms with E-state index in [0.717, 1.165) is 16.6 Å². The van der Waals surface area contributed by atoms with Crippen LogP contribution in [0, 0.1) is 0 Å². The van der Waals surface area contributed by atoms with Gasteiger partial charge in [0.2, 0.25) is 0 Å². The van der Waals surface area contributed by atoms with Gasteiger partial charge in [0.15, 0.2) is 0 Å². The monoisotopic (exact) mass is 320 g/mol. The summed E-state index contributed by atoms with van der Waals surface area (Å²) >= 11 is 3.46. The van der Waals surface area contributed by atoms with Gasteiger partial charge < -0.3 is 10.8 Å². The summed E-state index contributed by atoms with van der Waals surface area (Å²) in [5, 5.41) is 9.80. The fraction of sp³-hybridized carbons (Fsp3) is 0.200. The van der Waals surface area contributed by atoms with Gasteiger partial charge in [0.25, 0.3) is 0 Å². The van der Waals surface area contributed by atoms with E-state index in [-0.39, 0.29) is 5.75 Å². The van der Waals surface area contributed by atoms with Gasteiger partial charge in [-0.15, -0.1) is 0 Å². The second kappa shape index (κ2) is 6.08. The summed E-state index contributed by atoms with van der Waals surface area (Å²) in [6.07, 6.45) is 0. The summed E-state index contributed by atoms with van der Waals surface area (Å²) in [5.41, 5.74) is 8.48. The Morgan fingerprint density at radius 3 is 2.68 bits per heavy atom. The van der Waals surface area contributed by atoms with Crippen molar-refractivity contribution in [3.8, 4) is 5.75 Å². The fourth-order valence-corrected chi connectivity index (χ4v) is 2.47. The first-order valence-corrected chi connectivity index (χ1v) is 6.84. The van der Waals surface area contributed by atoms with Crippen LogP contribution in [0.2, 0.25) is 0 Å². The van der Waals surface area contributed by atoms with Gasteiger partial charge in [-0.25, -0.2) is 0 Å². The van der Waals surface area contributed by atoms with Crippen LogP contribution in [0.15, 0.2) is 46.9 Å². The van der Waals surface area contributed by atoms with E-state index in [1.165, 1.54) is 5.56 Å². The normalized spacial score (nSPS) is 10.9. The molecule has 0 radical (unpaired) electrons. The molecular weight excluding hydrogens is 304 g/mol. The molecule has 0 aliphatic rings. The van der Waals surface area contributed by atoms with Crippen molar-refractivity contribution >= 4 is 21.6 Å². The predicted octanol–water partition coefficient (Wildman–Crippen LogP) is 3.37. The summed E-state index contributed by atoms with van der Waals surface area (Å²) in [6, 6.07) is 13.4. The standard InChI is InChI=1S/C15H17BrN2O/c1-18(9-11-3-2-4-13(16)7-11)10-12-8-14(17)5-6-15(12)19/h2-8,19H,9-10,17H2,1H3. The van der Waals surface area contributed by atoms with Gasteiger partial charge in [-0.1, -0.05) is 28.1 Å². The number of benzene rings is 2. The lowest BCUT2D eigenvalue weighted by molar-refractivity contribution is 0.312. The van der Waals surface area contributed by atoms with Crippen molar-refractivity contribution in [3.63, 3.8) is 0 Å². The smallest absolute Gasteiger partial charge is 0.120 e. The Labute approximate surface area is 121 Å². The zero-order valence-electron chi connectivity index (χ0n) is 10.8. The van der Waals surface area contributed by atoms with Crippen LogP contribution in [0.5, 0.6) is 5.75 Å². The minimum Gasteiger partial charge on any atom is -0.508 e. The van der Waals surface area contributed by atoms with Crippen LogP contribution in [-0.4, -0.2) is 17.1 Å². The van der Waals surface area contributed by atoms with Crippen molar-refractivity contribution in [2.75, 3.05) is 12.8 Å². The van der Waals surface area contributed by atoms with Gasteiger partial charge in [-0.3, -0.25) is 4.90 Å². The zero-order chi connectivity index (χ0) is 13.8. The van der Waals surface area contributed by atoms with E-state index in [1.54, 1.807) is 12.1 Å². The Morgan fingerprint density at radius 1 is 1.16 bits per heavy atom. The molecule has 2 aromatic carbocycles. The Morgan fingerprint density at radius 2 is 1.95 bits per heavy atom. The highest BCUT2D eigenvalue weighted by atomic mass is 79.9. The average molecular weight is 321 g/mol. The molecule has 0 saturated carbocycles. The van der Waals surface area contributed by atoms with Crippen molar-refractivity contribution in [1.82, 2.24) is 4.90 Å². The van der Waals surface area contributed by atoms with Crippen LogP contribution in [0.3, 0.4) is 0 Å². The molecule has 0 spiro atoms. The second-order valence-corrected chi connectivity index (χ2v) is 5.61. The van der Waals surface area contributed by atoms with Crippen LogP contribution < -0.4 is 5.73 Å². The SMILES string of the molecule is CN(Cc1cccc(Br)c1)Cc1cc(N)ccc1O. The molecule has 0 aliphatic heterocycles. The molecule has 0 bridgehead atoms. The number of nitrogens with zero attached hydrogens (tertiary/aromatic N) is 1. The molecule has 0 atom stereocenters. The van der Waals surface area contributed by atoms with Crippen molar-refractivity contribution in [2.45, 2.75) is 13.1 Å². The van der Waals surface area contributed by atoms with Gasteiger partial charge in [-0.05, 0) is 42.9 Å². The Kier molecular flexibility index (Phi) is 4.45. The molecule has 3 nitrogen and oxygen atoms in total. The topological polar surface area (TPSA) is 49.5 Å². The van der Waals surface area contributed by atoms with Gasteiger partial charge in [-0.2, -0.15) is 0 Å². The third-order valence-electron chi connectivity index (χ3n) is 2.89. The van der Waals surface area contributed by atoms with Gasteiger partial charge in [0.05, 0.1) is 0 Å². The molecule has 2 aromatic rings. The minimum absolute atomic E-state index is 0.287. The van der Waals surface area contributed by atoms with Crippen LogP contribution in [0.4, 0.5) is 5.69 Å². The number of nitrogen functional groups attached to an aromatic ring is 1. The van der Waals surface area contributed by atoms with E-state index in [9.17, 15) is 5.11 Å². The second-order valence-electron chi connectivity index (χ2n) is 4.69. The summed E-state index contributed by atoms with van der Waals surface area (Å²) in [4.78, 5) is 2.14. The number of anilines is 1. The molecule has 0 aliphatic carbocycles. The highest BCUT2D eigenvalue weighted by Gasteiger charge is 2.06. The molecule has 0 aromatic heterocycles. The van der Waals surface area contributed by atoms with Gasteiger partial charge >= 0.3 is 0 Å². The third kappa shape index (κ3) is 3.98. The van der Waals surface area contributed by atoms with E-state index in [0.29, 0.717) is 12.2 Å². The van der Waals surface area contributed by atoms with Crippen LogP contribution in [-0.2, 0) is 13.1 Å². The summed E-state index contributed by atoms with van der Waals surface area (Å²) in [6.45, 7) is 1.47. The van der Waals surface area contributed by atoms with Crippen LogP contribution >= 0.6 is 15.9 Å². The first kappa shape index (κ1) is 13.9. The molecule has 0 unspecified atom stereocenters. The minimum atomic E-state index is 0.287. The highest BCUT2D eigenvalue weighted by molar-refractivity contribution is 9.10. The third-order valence-corrected chi connectivity index (χ3v) is 3.38. The van der Waals surface area contributed by atoms with E-state index < -0.39 is 0 Å². The van der Waals surface area contributed by atoms with Gasteiger partial charge in [0, 0.05) is 28.8 Å². The molecule has 100 valence electrons. The molecule has 0 heterocycles. The number of phenolic OH excluding ortho intramolecular Hbond substituents is 1. The lowest BCUT2D eigenvalue weighted by Crippen LogP contribution is -2.17. The molecule has 0 amide bonds. The first-order chi connectivity index (χ1) is 9.04. The van der Waals surface area contributed by atoms with Gasteiger partial charge in [0.1, 0.15) is 5.75 Å². The molecular formula is C15H17BrN2O. The lowest BCUT2D eigenvalue weighted by Gasteiger charge is -2.18. The quantitative estimate of drug-likeness (QED) is 0.670. The van der Waals surface area contributed by atoms with E-state index in [2.05, 4.69) is 33.0 Å². The number of hydrogen-bond acceptors (Lipinski definition) is 3. The van der Waals surface area contributed by atoms with E-state index in [1.807, 2.05) is 25.2 Å². The van der Waals surface area contributed by atoms with Crippen molar-refractivity contribution in [2.24, 2.45) is 0 Å². The van der Waals surface area contributed by atoms with E-state index >= 15 is 0 Å². The molecule has 0 saturated heterocycles. The maximum absolute atomic E-state index is 9.80. The predicted molar refractivity (Wildman–Crippen MR) is 81.8 cm³/mol.